The molecule has 2 rings (SSSR count). The Bertz CT molecular complexity index is 363. The number of esters is 1. The number of hydrogen-bond donors (Lipinski definition) is 1. The highest BCUT2D eigenvalue weighted by Crippen LogP contribution is 2.40. The zero-order valence-electron chi connectivity index (χ0n) is 11.6. The molecule has 2 N–H and O–H groups in total. The Morgan fingerprint density at radius 2 is 1.75 bits per heavy atom. The number of methoxy groups -OCH3 is 1. The number of nitrogens with zero attached hydrogens (tertiary/aromatic N) is 1. The number of piperidine rings is 1. The Kier molecular flexibility index (Phi) is 4.30. The van der Waals surface area contributed by atoms with Crippen molar-refractivity contribution in [2.24, 2.45) is 17.6 Å². The SMILES string of the molecule is COC(=O)C(N)(CN1CCC(C(F)(F)F)CC1)C1CC1. The number of likely N-dealkylation sites (tertiary alicyclic amines) is 1. The lowest BCUT2D eigenvalue weighted by Gasteiger charge is -2.38. The van der Waals surface area contributed by atoms with Crippen molar-refractivity contribution in [3.63, 3.8) is 0 Å². The van der Waals surface area contributed by atoms with Gasteiger partial charge in [-0.25, -0.2) is 0 Å². The van der Waals surface area contributed by atoms with Crippen LogP contribution in [0.2, 0.25) is 0 Å². The average molecular weight is 294 g/mol. The molecule has 4 nitrogen and oxygen atoms in total. The first-order valence-corrected chi connectivity index (χ1v) is 6.93. The predicted molar refractivity (Wildman–Crippen MR) is 66.9 cm³/mol. The molecule has 0 amide bonds. The standard InChI is InChI=1S/C13H21F3N2O2/c1-20-11(19)12(17,9-2-3-9)8-18-6-4-10(5-7-18)13(14,15)16/h9-10H,2-8,17H2,1H3. The number of rotatable bonds is 4. The van der Waals surface area contributed by atoms with Crippen LogP contribution in [0.15, 0.2) is 0 Å². The summed E-state index contributed by atoms with van der Waals surface area (Å²) < 4.78 is 42.6. The van der Waals surface area contributed by atoms with Crippen LogP contribution in [0.4, 0.5) is 13.2 Å². The molecule has 1 atom stereocenters. The monoisotopic (exact) mass is 294 g/mol. The van der Waals surface area contributed by atoms with Crippen molar-refractivity contribution in [2.45, 2.75) is 37.4 Å². The Morgan fingerprint density at radius 1 is 1.20 bits per heavy atom. The number of alkyl halides is 3. The third-order valence-corrected chi connectivity index (χ3v) is 4.41. The van der Waals surface area contributed by atoms with Crippen molar-refractivity contribution in [2.75, 3.05) is 26.7 Å². The summed E-state index contributed by atoms with van der Waals surface area (Å²) in [6.45, 7) is 0.939. The van der Waals surface area contributed by atoms with Crippen LogP contribution >= 0.6 is 0 Å². The molecule has 1 aliphatic carbocycles. The number of nitrogens with two attached hydrogens (primary N) is 1. The van der Waals surface area contributed by atoms with Gasteiger partial charge < -0.3 is 15.4 Å². The maximum Gasteiger partial charge on any atom is 0.391 e. The minimum absolute atomic E-state index is 0.0748. The van der Waals surface area contributed by atoms with E-state index in [2.05, 4.69) is 0 Å². The average Bonchev–Trinajstić information content (AvgIpc) is 3.21. The molecule has 2 fully saturated rings. The number of ether oxygens (including phenoxy) is 1. The number of halogens is 3. The summed E-state index contributed by atoms with van der Waals surface area (Å²) >= 11 is 0. The zero-order chi connectivity index (χ0) is 15.0. The molecule has 116 valence electrons. The number of hydrogen-bond acceptors (Lipinski definition) is 4. The number of carbonyl (C=O) groups is 1. The second kappa shape index (κ2) is 5.52. The van der Waals surface area contributed by atoms with Crippen LogP contribution in [0.3, 0.4) is 0 Å². The largest absolute Gasteiger partial charge is 0.468 e. The van der Waals surface area contributed by atoms with Gasteiger partial charge in [0.05, 0.1) is 13.0 Å². The van der Waals surface area contributed by atoms with E-state index in [0.717, 1.165) is 12.8 Å². The van der Waals surface area contributed by atoms with E-state index in [-0.39, 0.29) is 25.3 Å². The molecule has 0 aromatic rings. The van der Waals surface area contributed by atoms with Gasteiger partial charge in [-0.1, -0.05) is 0 Å². The molecule has 1 saturated heterocycles. The van der Waals surface area contributed by atoms with Crippen molar-refractivity contribution in [3.8, 4) is 0 Å². The Hall–Kier alpha value is -0.820. The van der Waals surface area contributed by atoms with E-state index in [9.17, 15) is 18.0 Å². The van der Waals surface area contributed by atoms with Gasteiger partial charge in [-0.05, 0) is 44.7 Å². The van der Waals surface area contributed by atoms with Crippen LogP contribution in [0, 0.1) is 11.8 Å². The third kappa shape index (κ3) is 3.25. The highest BCUT2D eigenvalue weighted by Gasteiger charge is 2.50. The zero-order valence-corrected chi connectivity index (χ0v) is 11.6. The molecule has 0 bridgehead atoms. The lowest BCUT2D eigenvalue weighted by molar-refractivity contribution is -0.185. The Labute approximate surface area is 116 Å². The van der Waals surface area contributed by atoms with Crippen LogP contribution in [0.25, 0.3) is 0 Å². The van der Waals surface area contributed by atoms with Crippen LogP contribution in [-0.4, -0.2) is 49.3 Å². The second-order valence-electron chi connectivity index (χ2n) is 5.90. The molecule has 1 unspecified atom stereocenters. The fraction of sp³-hybridized carbons (Fsp3) is 0.923. The molecule has 1 saturated carbocycles. The summed E-state index contributed by atoms with van der Waals surface area (Å²) in [5.41, 5.74) is 5.10. The molecule has 0 aromatic carbocycles. The van der Waals surface area contributed by atoms with Gasteiger partial charge in [0.15, 0.2) is 0 Å². The van der Waals surface area contributed by atoms with Crippen molar-refractivity contribution in [1.29, 1.82) is 0 Å². The lowest BCUT2D eigenvalue weighted by atomic mass is 9.90. The fourth-order valence-electron chi connectivity index (χ4n) is 2.94. The molecule has 20 heavy (non-hydrogen) atoms. The van der Waals surface area contributed by atoms with Crippen molar-refractivity contribution in [1.82, 2.24) is 4.90 Å². The van der Waals surface area contributed by atoms with Gasteiger partial charge in [0.25, 0.3) is 0 Å². The van der Waals surface area contributed by atoms with Gasteiger partial charge in [0, 0.05) is 6.54 Å². The molecule has 0 radical (unpaired) electrons. The predicted octanol–water partition coefficient (Wildman–Crippen LogP) is 1.54. The Balaban J connectivity index is 1.92. The summed E-state index contributed by atoms with van der Waals surface area (Å²) in [5.74, 6) is -1.60. The van der Waals surface area contributed by atoms with E-state index in [1.807, 2.05) is 4.90 Å². The van der Waals surface area contributed by atoms with Crippen LogP contribution in [0.1, 0.15) is 25.7 Å². The van der Waals surface area contributed by atoms with Gasteiger partial charge in [0.1, 0.15) is 5.54 Å². The second-order valence-corrected chi connectivity index (χ2v) is 5.90. The maximum atomic E-state index is 12.6. The molecule has 2 aliphatic rings. The van der Waals surface area contributed by atoms with Crippen LogP contribution < -0.4 is 5.73 Å². The molecular weight excluding hydrogens is 273 g/mol. The lowest BCUT2D eigenvalue weighted by Crippen LogP contribution is -2.59. The molecule has 1 heterocycles. The van der Waals surface area contributed by atoms with Crippen LogP contribution in [-0.2, 0) is 9.53 Å². The molecule has 7 heteroatoms. The summed E-state index contributed by atoms with van der Waals surface area (Å²) in [4.78, 5) is 13.7. The highest BCUT2D eigenvalue weighted by molar-refractivity contribution is 5.81. The molecule has 1 aliphatic heterocycles. The first-order valence-electron chi connectivity index (χ1n) is 6.93. The van der Waals surface area contributed by atoms with Crippen molar-refractivity contribution >= 4 is 5.97 Å². The third-order valence-electron chi connectivity index (χ3n) is 4.41. The van der Waals surface area contributed by atoms with Gasteiger partial charge in [-0.3, -0.25) is 4.79 Å². The smallest absolute Gasteiger partial charge is 0.391 e. The van der Waals surface area contributed by atoms with E-state index >= 15 is 0 Å². The topological polar surface area (TPSA) is 55.6 Å². The minimum atomic E-state index is -4.12. The first kappa shape index (κ1) is 15.6. The molecular formula is C13H21F3N2O2. The normalized spacial score (nSPS) is 25.2. The first-order chi connectivity index (χ1) is 9.27. The molecule has 0 aromatic heterocycles. The van der Waals surface area contributed by atoms with Gasteiger partial charge >= 0.3 is 12.1 Å². The highest BCUT2D eigenvalue weighted by atomic mass is 19.4. The maximum absolute atomic E-state index is 12.6. The Morgan fingerprint density at radius 3 is 2.15 bits per heavy atom. The van der Waals surface area contributed by atoms with E-state index in [1.54, 1.807) is 0 Å². The summed E-state index contributed by atoms with van der Waals surface area (Å²) in [6.07, 6.45) is -2.21. The van der Waals surface area contributed by atoms with Crippen LogP contribution in [0.5, 0.6) is 0 Å². The number of carbonyl (C=O) groups excluding carboxylic acids is 1. The summed E-state index contributed by atoms with van der Waals surface area (Å²) in [5, 5.41) is 0. The van der Waals surface area contributed by atoms with E-state index in [0.29, 0.717) is 13.1 Å². The van der Waals surface area contributed by atoms with Crippen molar-refractivity contribution < 1.29 is 22.7 Å². The van der Waals surface area contributed by atoms with E-state index in [4.69, 9.17) is 10.5 Å². The van der Waals surface area contributed by atoms with Gasteiger partial charge in [-0.15, -0.1) is 0 Å². The summed E-state index contributed by atoms with van der Waals surface area (Å²) in [7, 11) is 1.29. The quantitative estimate of drug-likeness (QED) is 0.799. The van der Waals surface area contributed by atoms with Gasteiger partial charge in [-0.2, -0.15) is 13.2 Å². The minimum Gasteiger partial charge on any atom is -0.468 e. The summed E-state index contributed by atoms with van der Waals surface area (Å²) in [6, 6.07) is 0. The van der Waals surface area contributed by atoms with E-state index in [1.165, 1.54) is 7.11 Å². The van der Waals surface area contributed by atoms with E-state index < -0.39 is 23.6 Å². The van der Waals surface area contributed by atoms with Gasteiger partial charge in [0.2, 0.25) is 0 Å². The molecule has 0 spiro atoms. The fourth-order valence-corrected chi connectivity index (χ4v) is 2.94. The van der Waals surface area contributed by atoms with Crippen molar-refractivity contribution in [3.05, 3.63) is 0 Å².